The SMILES string of the molecule is COc1cccc(N2CCN(C(=O)c3cn(-c4ccccc4)nc3-c3ccccc3OC)CC2)c1. The third-order valence-corrected chi connectivity index (χ3v) is 6.31. The average Bonchev–Trinajstić information content (AvgIpc) is 3.38. The van der Waals surface area contributed by atoms with E-state index in [4.69, 9.17) is 14.6 Å². The van der Waals surface area contributed by atoms with Crippen LogP contribution in [0.15, 0.2) is 85.1 Å². The highest BCUT2D eigenvalue weighted by Crippen LogP contribution is 2.32. The van der Waals surface area contributed by atoms with Gasteiger partial charge in [-0.05, 0) is 36.4 Å². The van der Waals surface area contributed by atoms with Crippen LogP contribution in [0.3, 0.4) is 0 Å². The molecular weight excluding hydrogens is 440 g/mol. The van der Waals surface area contributed by atoms with Crippen LogP contribution < -0.4 is 14.4 Å². The van der Waals surface area contributed by atoms with Gasteiger partial charge in [-0.2, -0.15) is 5.10 Å². The Morgan fingerprint density at radius 2 is 1.51 bits per heavy atom. The van der Waals surface area contributed by atoms with E-state index in [-0.39, 0.29) is 5.91 Å². The van der Waals surface area contributed by atoms with Crippen LogP contribution in [-0.4, -0.2) is 61.0 Å². The average molecular weight is 469 g/mol. The van der Waals surface area contributed by atoms with E-state index in [1.165, 1.54) is 0 Å². The first-order chi connectivity index (χ1) is 17.2. The van der Waals surface area contributed by atoms with Crippen molar-refractivity contribution in [1.82, 2.24) is 14.7 Å². The summed E-state index contributed by atoms with van der Waals surface area (Å²) in [6, 6.07) is 25.5. The molecule has 1 aromatic heterocycles. The van der Waals surface area contributed by atoms with E-state index in [1.54, 1.807) is 18.9 Å². The van der Waals surface area contributed by atoms with E-state index in [0.29, 0.717) is 30.1 Å². The van der Waals surface area contributed by atoms with Crippen molar-refractivity contribution in [2.45, 2.75) is 0 Å². The van der Waals surface area contributed by atoms with Crippen molar-refractivity contribution in [3.05, 3.63) is 90.6 Å². The highest BCUT2D eigenvalue weighted by molar-refractivity contribution is 6.00. The summed E-state index contributed by atoms with van der Waals surface area (Å²) in [5.74, 6) is 1.48. The minimum absolute atomic E-state index is 0.0293. The number of hydrogen-bond donors (Lipinski definition) is 0. The first kappa shape index (κ1) is 22.5. The van der Waals surface area contributed by atoms with Gasteiger partial charge in [0.2, 0.25) is 0 Å². The van der Waals surface area contributed by atoms with Gasteiger partial charge in [0.1, 0.15) is 17.2 Å². The summed E-state index contributed by atoms with van der Waals surface area (Å²) >= 11 is 0. The number of aromatic nitrogens is 2. The zero-order valence-electron chi connectivity index (χ0n) is 19.9. The number of ether oxygens (including phenoxy) is 2. The lowest BCUT2D eigenvalue weighted by molar-refractivity contribution is 0.0747. The van der Waals surface area contributed by atoms with Crippen LogP contribution in [0.4, 0.5) is 5.69 Å². The second-order valence-corrected chi connectivity index (χ2v) is 8.35. The number of anilines is 1. The Hall–Kier alpha value is -4.26. The molecule has 4 aromatic rings. The van der Waals surface area contributed by atoms with E-state index in [1.807, 2.05) is 83.9 Å². The Balaban J connectivity index is 1.43. The standard InChI is InChI=1S/C28H28N4O3/c1-34-23-12-8-11-22(19-23)30-15-17-31(18-16-30)28(33)25-20-32(21-9-4-3-5-10-21)29-27(25)24-13-6-7-14-26(24)35-2/h3-14,19-20H,15-18H2,1-2H3. The molecule has 1 aliphatic heterocycles. The second-order valence-electron chi connectivity index (χ2n) is 8.35. The van der Waals surface area contributed by atoms with E-state index >= 15 is 0 Å². The number of carbonyl (C=O) groups excluding carboxylic acids is 1. The van der Waals surface area contributed by atoms with Gasteiger partial charge in [0, 0.05) is 49.7 Å². The molecule has 1 saturated heterocycles. The van der Waals surface area contributed by atoms with Crippen LogP contribution in [0, 0.1) is 0 Å². The maximum atomic E-state index is 13.8. The minimum Gasteiger partial charge on any atom is -0.497 e. The molecule has 0 spiro atoms. The second kappa shape index (κ2) is 9.93. The molecule has 35 heavy (non-hydrogen) atoms. The Bertz CT molecular complexity index is 1310. The molecule has 0 atom stereocenters. The molecule has 0 radical (unpaired) electrons. The van der Waals surface area contributed by atoms with Crippen molar-refractivity contribution in [3.63, 3.8) is 0 Å². The number of methoxy groups -OCH3 is 2. The highest BCUT2D eigenvalue weighted by Gasteiger charge is 2.28. The number of para-hydroxylation sites is 2. The normalized spacial score (nSPS) is 13.5. The van der Waals surface area contributed by atoms with Gasteiger partial charge in [-0.15, -0.1) is 0 Å². The zero-order valence-corrected chi connectivity index (χ0v) is 19.9. The van der Waals surface area contributed by atoms with Crippen molar-refractivity contribution >= 4 is 11.6 Å². The van der Waals surface area contributed by atoms with Gasteiger partial charge in [0.25, 0.3) is 5.91 Å². The first-order valence-electron chi connectivity index (χ1n) is 11.6. The maximum Gasteiger partial charge on any atom is 0.257 e. The quantitative estimate of drug-likeness (QED) is 0.417. The molecule has 178 valence electrons. The van der Waals surface area contributed by atoms with Gasteiger partial charge in [0.15, 0.2) is 0 Å². The molecule has 3 aromatic carbocycles. The number of rotatable bonds is 6. The van der Waals surface area contributed by atoms with Crippen molar-refractivity contribution in [1.29, 1.82) is 0 Å². The van der Waals surface area contributed by atoms with Crippen LogP contribution in [0.25, 0.3) is 16.9 Å². The molecule has 0 bridgehead atoms. The van der Waals surface area contributed by atoms with Gasteiger partial charge in [-0.25, -0.2) is 4.68 Å². The predicted molar refractivity (Wildman–Crippen MR) is 137 cm³/mol. The van der Waals surface area contributed by atoms with E-state index in [9.17, 15) is 4.79 Å². The molecule has 5 rings (SSSR count). The maximum absolute atomic E-state index is 13.8. The number of amides is 1. The highest BCUT2D eigenvalue weighted by atomic mass is 16.5. The third-order valence-electron chi connectivity index (χ3n) is 6.31. The molecule has 2 heterocycles. The minimum atomic E-state index is -0.0293. The van der Waals surface area contributed by atoms with Crippen molar-refractivity contribution in [2.24, 2.45) is 0 Å². The van der Waals surface area contributed by atoms with Crippen molar-refractivity contribution in [2.75, 3.05) is 45.3 Å². The lowest BCUT2D eigenvalue weighted by atomic mass is 10.1. The molecule has 1 amide bonds. The topological polar surface area (TPSA) is 59.8 Å². The van der Waals surface area contributed by atoms with Gasteiger partial charge >= 0.3 is 0 Å². The van der Waals surface area contributed by atoms with Crippen LogP contribution in [0.5, 0.6) is 11.5 Å². The van der Waals surface area contributed by atoms with Crippen LogP contribution in [0.1, 0.15) is 10.4 Å². The van der Waals surface area contributed by atoms with E-state index < -0.39 is 0 Å². The Morgan fingerprint density at radius 3 is 2.26 bits per heavy atom. The fourth-order valence-corrected chi connectivity index (χ4v) is 4.43. The van der Waals surface area contributed by atoms with Gasteiger partial charge in [-0.1, -0.05) is 36.4 Å². The van der Waals surface area contributed by atoms with Crippen molar-refractivity contribution < 1.29 is 14.3 Å². The summed E-state index contributed by atoms with van der Waals surface area (Å²) in [6.07, 6.45) is 1.83. The fourth-order valence-electron chi connectivity index (χ4n) is 4.43. The molecule has 1 fully saturated rings. The molecule has 7 heteroatoms. The summed E-state index contributed by atoms with van der Waals surface area (Å²) in [6.45, 7) is 2.74. The summed E-state index contributed by atoms with van der Waals surface area (Å²) in [4.78, 5) is 18.0. The molecule has 0 aliphatic carbocycles. The molecule has 1 aliphatic rings. The number of piperazine rings is 1. The first-order valence-corrected chi connectivity index (χ1v) is 11.6. The summed E-state index contributed by atoms with van der Waals surface area (Å²) in [7, 11) is 3.30. The summed E-state index contributed by atoms with van der Waals surface area (Å²) in [5, 5.41) is 4.82. The Kier molecular flexibility index (Phi) is 6.39. The summed E-state index contributed by atoms with van der Waals surface area (Å²) < 4.78 is 12.7. The fraction of sp³-hybridized carbons (Fsp3) is 0.214. The third kappa shape index (κ3) is 4.57. The molecule has 0 N–H and O–H groups in total. The summed E-state index contributed by atoms with van der Waals surface area (Å²) in [5.41, 5.74) is 3.97. The number of nitrogens with zero attached hydrogens (tertiary/aromatic N) is 4. The smallest absolute Gasteiger partial charge is 0.257 e. The van der Waals surface area contributed by atoms with Crippen LogP contribution >= 0.6 is 0 Å². The largest absolute Gasteiger partial charge is 0.497 e. The zero-order chi connectivity index (χ0) is 24.2. The molecule has 0 unspecified atom stereocenters. The number of hydrogen-bond acceptors (Lipinski definition) is 5. The van der Waals surface area contributed by atoms with E-state index in [0.717, 1.165) is 35.8 Å². The van der Waals surface area contributed by atoms with Gasteiger partial charge < -0.3 is 19.3 Å². The monoisotopic (exact) mass is 468 g/mol. The Morgan fingerprint density at radius 1 is 0.800 bits per heavy atom. The molecule has 0 saturated carbocycles. The number of benzene rings is 3. The Labute approximate surface area is 205 Å². The van der Waals surface area contributed by atoms with E-state index in [2.05, 4.69) is 11.0 Å². The molecular formula is C28H28N4O3. The van der Waals surface area contributed by atoms with Crippen LogP contribution in [-0.2, 0) is 0 Å². The lowest BCUT2D eigenvalue weighted by Gasteiger charge is -2.36. The predicted octanol–water partition coefficient (Wildman–Crippen LogP) is 4.52. The van der Waals surface area contributed by atoms with Crippen molar-refractivity contribution in [3.8, 4) is 28.4 Å². The van der Waals surface area contributed by atoms with Gasteiger partial charge in [0.05, 0.1) is 25.5 Å². The molecule has 7 nitrogen and oxygen atoms in total. The number of carbonyl (C=O) groups is 1. The van der Waals surface area contributed by atoms with Crippen LogP contribution in [0.2, 0.25) is 0 Å². The van der Waals surface area contributed by atoms with Gasteiger partial charge in [-0.3, -0.25) is 4.79 Å². The lowest BCUT2D eigenvalue weighted by Crippen LogP contribution is -2.48.